The molecule has 2 aromatic rings. The van der Waals surface area contributed by atoms with Crippen LogP contribution in [0.15, 0.2) is 28.0 Å². The lowest BCUT2D eigenvalue weighted by atomic mass is 10.3. The van der Waals surface area contributed by atoms with E-state index in [0.29, 0.717) is 6.61 Å². The Morgan fingerprint density at radius 3 is 2.80 bits per heavy atom. The quantitative estimate of drug-likeness (QED) is 0.691. The highest BCUT2D eigenvalue weighted by Crippen LogP contribution is 2.08. The molecule has 0 radical (unpaired) electrons. The first-order valence-corrected chi connectivity index (χ1v) is 5.68. The van der Waals surface area contributed by atoms with Gasteiger partial charge in [-0.2, -0.15) is 0 Å². The highest BCUT2D eigenvalue weighted by atomic mass is 16.5. The van der Waals surface area contributed by atoms with Crippen LogP contribution in [0.4, 0.5) is 5.82 Å². The Bertz CT molecular complexity index is 708. The van der Waals surface area contributed by atoms with E-state index in [9.17, 15) is 14.4 Å². The molecular weight excluding hydrogens is 266 g/mol. The second kappa shape index (κ2) is 5.78. The van der Waals surface area contributed by atoms with Gasteiger partial charge in [-0.3, -0.25) is 19.6 Å². The fourth-order valence-electron chi connectivity index (χ4n) is 1.41. The number of carbonyl (C=O) groups is 1. The lowest BCUT2D eigenvalue weighted by Crippen LogP contribution is -2.25. The maximum Gasteiger partial charge on any atom is 0.327 e. The van der Waals surface area contributed by atoms with Gasteiger partial charge in [-0.15, -0.1) is 0 Å². The SMILES string of the molecule is CCOc1cc(C(=O)Nc2cc(=O)[nH]c(=O)[nH]2)ncn1. The molecule has 0 atom stereocenters. The molecule has 9 nitrogen and oxygen atoms in total. The van der Waals surface area contributed by atoms with E-state index in [-0.39, 0.29) is 17.4 Å². The zero-order valence-electron chi connectivity index (χ0n) is 10.5. The molecule has 0 spiro atoms. The highest BCUT2D eigenvalue weighted by molar-refractivity contribution is 6.02. The van der Waals surface area contributed by atoms with E-state index < -0.39 is 17.2 Å². The first-order chi connectivity index (χ1) is 9.58. The van der Waals surface area contributed by atoms with Crippen molar-refractivity contribution in [1.29, 1.82) is 0 Å². The second-order valence-corrected chi connectivity index (χ2v) is 3.63. The number of anilines is 1. The maximum absolute atomic E-state index is 11.9. The van der Waals surface area contributed by atoms with Gasteiger partial charge in [0.25, 0.3) is 11.5 Å². The van der Waals surface area contributed by atoms with Gasteiger partial charge in [0.2, 0.25) is 5.88 Å². The summed E-state index contributed by atoms with van der Waals surface area (Å²) in [5, 5.41) is 2.35. The van der Waals surface area contributed by atoms with Crippen molar-refractivity contribution in [3.8, 4) is 5.88 Å². The number of rotatable bonds is 4. The van der Waals surface area contributed by atoms with Crippen LogP contribution in [0.3, 0.4) is 0 Å². The molecule has 0 aliphatic rings. The van der Waals surface area contributed by atoms with Gasteiger partial charge in [-0.1, -0.05) is 0 Å². The smallest absolute Gasteiger partial charge is 0.327 e. The molecule has 0 aromatic carbocycles. The first kappa shape index (κ1) is 13.5. The van der Waals surface area contributed by atoms with Crippen LogP contribution in [-0.2, 0) is 0 Å². The third-order valence-electron chi connectivity index (χ3n) is 2.18. The van der Waals surface area contributed by atoms with E-state index in [1.807, 2.05) is 4.98 Å². The molecule has 0 aliphatic heterocycles. The minimum atomic E-state index is -0.717. The van der Waals surface area contributed by atoms with Crippen molar-refractivity contribution in [3.63, 3.8) is 0 Å². The van der Waals surface area contributed by atoms with Gasteiger partial charge < -0.3 is 10.1 Å². The molecule has 104 valence electrons. The maximum atomic E-state index is 11.9. The minimum Gasteiger partial charge on any atom is -0.478 e. The predicted octanol–water partition coefficient (Wildman–Crippen LogP) is -0.496. The fraction of sp³-hybridized carbons (Fsp3) is 0.182. The first-order valence-electron chi connectivity index (χ1n) is 5.68. The summed E-state index contributed by atoms with van der Waals surface area (Å²) in [7, 11) is 0. The van der Waals surface area contributed by atoms with Gasteiger partial charge in [0.1, 0.15) is 17.8 Å². The number of ether oxygens (including phenoxy) is 1. The summed E-state index contributed by atoms with van der Waals surface area (Å²) in [6.45, 7) is 2.18. The summed E-state index contributed by atoms with van der Waals surface area (Å²) < 4.78 is 5.14. The largest absolute Gasteiger partial charge is 0.478 e. The summed E-state index contributed by atoms with van der Waals surface area (Å²) >= 11 is 0. The average molecular weight is 277 g/mol. The Balaban J connectivity index is 2.21. The molecule has 2 rings (SSSR count). The molecular formula is C11H11N5O4. The van der Waals surface area contributed by atoms with E-state index >= 15 is 0 Å². The number of nitrogens with one attached hydrogen (secondary N) is 3. The molecule has 2 heterocycles. The van der Waals surface area contributed by atoms with Crippen LogP contribution in [0, 0.1) is 0 Å². The molecule has 0 fully saturated rings. The zero-order valence-corrected chi connectivity index (χ0v) is 10.5. The van der Waals surface area contributed by atoms with Crippen LogP contribution < -0.4 is 21.3 Å². The van der Waals surface area contributed by atoms with E-state index in [0.717, 1.165) is 6.07 Å². The van der Waals surface area contributed by atoms with Crippen LogP contribution in [-0.4, -0.2) is 32.4 Å². The third kappa shape index (κ3) is 3.28. The molecule has 1 amide bonds. The van der Waals surface area contributed by atoms with Crippen LogP contribution in [0.2, 0.25) is 0 Å². The Morgan fingerprint density at radius 2 is 2.10 bits per heavy atom. The van der Waals surface area contributed by atoms with Gasteiger partial charge in [0.15, 0.2) is 0 Å². The molecule has 2 aromatic heterocycles. The zero-order chi connectivity index (χ0) is 14.5. The number of aromatic amines is 2. The lowest BCUT2D eigenvalue weighted by molar-refractivity contribution is 0.102. The summed E-state index contributed by atoms with van der Waals surface area (Å²) in [5.74, 6) is -0.373. The van der Waals surface area contributed by atoms with Crippen LogP contribution in [0.5, 0.6) is 5.88 Å². The summed E-state index contributed by atoms with van der Waals surface area (Å²) in [5.41, 5.74) is -1.29. The van der Waals surface area contributed by atoms with Gasteiger partial charge in [0, 0.05) is 12.1 Å². The summed E-state index contributed by atoms with van der Waals surface area (Å²) in [6.07, 6.45) is 1.18. The highest BCUT2D eigenvalue weighted by Gasteiger charge is 2.10. The molecule has 3 N–H and O–H groups in total. The van der Waals surface area contributed by atoms with Crippen molar-refractivity contribution in [3.05, 3.63) is 45.0 Å². The molecule has 0 unspecified atom stereocenters. The number of H-pyrrole nitrogens is 2. The normalized spacial score (nSPS) is 10.1. The van der Waals surface area contributed by atoms with E-state index in [1.165, 1.54) is 12.4 Å². The van der Waals surface area contributed by atoms with Crippen molar-refractivity contribution in [2.45, 2.75) is 6.92 Å². The number of nitrogens with zero attached hydrogens (tertiary/aromatic N) is 2. The van der Waals surface area contributed by atoms with Gasteiger partial charge in [-0.05, 0) is 6.92 Å². The van der Waals surface area contributed by atoms with Crippen molar-refractivity contribution in [2.24, 2.45) is 0 Å². The summed E-state index contributed by atoms with van der Waals surface area (Å²) in [4.78, 5) is 45.9. The number of hydrogen-bond donors (Lipinski definition) is 3. The third-order valence-corrected chi connectivity index (χ3v) is 2.18. The fourth-order valence-corrected chi connectivity index (χ4v) is 1.41. The number of amides is 1. The van der Waals surface area contributed by atoms with E-state index in [1.54, 1.807) is 6.92 Å². The van der Waals surface area contributed by atoms with Gasteiger partial charge in [-0.25, -0.2) is 14.8 Å². The predicted molar refractivity (Wildman–Crippen MR) is 68.8 cm³/mol. The Kier molecular flexibility index (Phi) is 3.89. The Morgan fingerprint density at radius 1 is 1.30 bits per heavy atom. The Hall–Kier alpha value is -2.97. The number of carbonyl (C=O) groups excluding carboxylic acids is 1. The number of aromatic nitrogens is 4. The molecule has 0 saturated carbocycles. The summed E-state index contributed by atoms with van der Waals surface area (Å²) in [6, 6.07) is 2.40. The van der Waals surface area contributed by atoms with Crippen molar-refractivity contribution in [2.75, 3.05) is 11.9 Å². The molecule has 0 aliphatic carbocycles. The lowest BCUT2D eigenvalue weighted by Gasteiger charge is -2.05. The topological polar surface area (TPSA) is 130 Å². The van der Waals surface area contributed by atoms with Crippen LogP contribution in [0.1, 0.15) is 17.4 Å². The number of hydrogen-bond acceptors (Lipinski definition) is 6. The molecule has 0 bridgehead atoms. The van der Waals surface area contributed by atoms with Gasteiger partial charge in [0.05, 0.1) is 6.61 Å². The van der Waals surface area contributed by atoms with E-state index in [2.05, 4.69) is 20.3 Å². The Labute approximate surface area is 112 Å². The molecule has 20 heavy (non-hydrogen) atoms. The minimum absolute atomic E-state index is 0.0275. The van der Waals surface area contributed by atoms with Crippen molar-refractivity contribution >= 4 is 11.7 Å². The molecule has 0 saturated heterocycles. The monoisotopic (exact) mass is 277 g/mol. The van der Waals surface area contributed by atoms with Gasteiger partial charge >= 0.3 is 5.69 Å². The van der Waals surface area contributed by atoms with E-state index in [4.69, 9.17) is 4.74 Å². The average Bonchev–Trinajstić information content (AvgIpc) is 2.38. The standard InChI is InChI=1S/C11H11N5O4/c1-2-20-9-3-6(12-5-13-9)10(18)14-7-4-8(17)16-11(19)15-7/h3-5H,2H2,1H3,(H3,14,15,16,17,18,19). The van der Waals surface area contributed by atoms with Crippen molar-refractivity contribution < 1.29 is 9.53 Å². The van der Waals surface area contributed by atoms with Crippen LogP contribution in [0.25, 0.3) is 0 Å². The van der Waals surface area contributed by atoms with Crippen LogP contribution >= 0.6 is 0 Å². The molecule has 9 heteroatoms. The van der Waals surface area contributed by atoms with Crippen molar-refractivity contribution in [1.82, 2.24) is 19.9 Å². The second-order valence-electron chi connectivity index (χ2n) is 3.63.